The van der Waals surface area contributed by atoms with E-state index in [4.69, 9.17) is 10.5 Å². The smallest absolute Gasteiger partial charge is 0.419 e. The Morgan fingerprint density at radius 2 is 1.80 bits per heavy atom. The molecule has 0 aromatic heterocycles. The third-order valence-corrected chi connectivity index (χ3v) is 3.04. The van der Waals surface area contributed by atoms with E-state index in [0.29, 0.717) is 10.2 Å². The number of halogens is 4. The van der Waals surface area contributed by atoms with Gasteiger partial charge < -0.3 is 10.5 Å². The number of ether oxygens (including phenoxy) is 1. The Balaban J connectivity index is 2.38. The van der Waals surface area contributed by atoms with E-state index in [0.717, 1.165) is 11.6 Å². The third-order valence-electron chi connectivity index (χ3n) is 2.59. The van der Waals surface area contributed by atoms with E-state index in [-0.39, 0.29) is 12.3 Å². The summed E-state index contributed by atoms with van der Waals surface area (Å²) in [6.45, 7) is 0.275. The van der Waals surface area contributed by atoms with E-state index < -0.39 is 11.7 Å². The Labute approximate surface area is 122 Å². The van der Waals surface area contributed by atoms with E-state index in [9.17, 15) is 13.2 Å². The Kier molecular flexibility index (Phi) is 4.35. The van der Waals surface area contributed by atoms with Crippen molar-refractivity contribution in [1.29, 1.82) is 0 Å². The van der Waals surface area contributed by atoms with Crippen molar-refractivity contribution >= 4 is 15.9 Å². The van der Waals surface area contributed by atoms with Gasteiger partial charge in [0.25, 0.3) is 0 Å². The quantitative estimate of drug-likeness (QED) is 0.873. The highest BCUT2D eigenvalue weighted by molar-refractivity contribution is 9.10. The lowest BCUT2D eigenvalue weighted by molar-refractivity contribution is -0.138. The minimum atomic E-state index is -4.46. The molecule has 6 heteroatoms. The van der Waals surface area contributed by atoms with Crippen molar-refractivity contribution < 1.29 is 17.9 Å². The van der Waals surface area contributed by atoms with Gasteiger partial charge in [-0.1, -0.05) is 28.1 Å². The molecule has 0 aliphatic carbocycles. The summed E-state index contributed by atoms with van der Waals surface area (Å²) in [5.74, 6) is 0.0672. The van der Waals surface area contributed by atoms with Gasteiger partial charge in [-0.05, 0) is 35.9 Å². The van der Waals surface area contributed by atoms with Crippen LogP contribution in [0.4, 0.5) is 13.2 Å². The van der Waals surface area contributed by atoms with Gasteiger partial charge in [0.05, 0.1) is 5.56 Å². The van der Waals surface area contributed by atoms with Crippen LogP contribution in [0, 0.1) is 0 Å². The molecule has 0 aliphatic rings. The first-order chi connectivity index (χ1) is 9.40. The highest BCUT2D eigenvalue weighted by Gasteiger charge is 2.34. The second-order valence-corrected chi connectivity index (χ2v) is 5.01. The fraction of sp³-hybridized carbons (Fsp3) is 0.143. The molecule has 0 atom stereocenters. The zero-order valence-corrected chi connectivity index (χ0v) is 11.8. The molecule has 0 heterocycles. The number of rotatable bonds is 3. The molecule has 2 N–H and O–H groups in total. The van der Waals surface area contributed by atoms with Crippen molar-refractivity contribution in [2.24, 2.45) is 5.73 Å². The largest absolute Gasteiger partial charge is 0.457 e. The second-order valence-electron chi connectivity index (χ2n) is 4.10. The fourth-order valence-corrected chi connectivity index (χ4v) is 2.23. The number of hydrogen-bond acceptors (Lipinski definition) is 2. The van der Waals surface area contributed by atoms with Gasteiger partial charge in [-0.2, -0.15) is 13.2 Å². The van der Waals surface area contributed by atoms with Crippen LogP contribution in [0.25, 0.3) is 0 Å². The van der Waals surface area contributed by atoms with Crippen molar-refractivity contribution in [3.8, 4) is 11.5 Å². The molecule has 0 aliphatic heterocycles. The van der Waals surface area contributed by atoms with E-state index >= 15 is 0 Å². The van der Waals surface area contributed by atoms with Crippen molar-refractivity contribution in [1.82, 2.24) is 0 Å². The zero-order valence-electron chi connectivity index (χ0n) is 10.2. The highest BCUT2D eigenvalue weighted by Crippen LogP contribution is 2.38. The molecule has 0 radical (unpaired) electrons. The molecule has 0 saturated heterocycles. The molecule has 20 heavy (non-hydrogen) atoms. The normalized spacial score (nSPS) is 11.4. The summed E-state index contributed by atoms with van der Waals surface area (Å²) in [6.07, 6.45) is -4.46. The summed E-state index contributed by atoms with van der Waals surface area (Å²) in [4.78, 5) is 0. The average molecular weight is 346 g/mol. The van der Waals surface area contributed by atoms with E-state index in [1.807, 2.05) is 0 Å². The minimum Gasteiger partial charge on any atom is -0.457 e. The molecule has 106 valence electrons. The van der Waals surface area contributed by atoms with Crippen molar-refractivity contribution in [3.63, 3.8) is 0 Å². The number of para-hydroxylation sites is 1. The zero-order chi connectivity index (χ0) is 14.8. The van der Waals surface area contributed by atoms with Gasteiger partial charge in [0, 0.05) is 11.0 Å². The molecule has 0 spiro atoms. The maximum absolute atomic E-state index is 12.9. The first-order valence-electron chi connectivity index (χ1n) is 5.74. The number of alkyl halides is 3. The van der Waals surface area contributed by atoms with Crippen molar-refractivity contribution in [3.05, 3.63) is 58.1 Å². The van der Waals surface area contributed by atoms with Crippen LogP contribution in [0.15, 0.2) is 46.9 Å². The standard InChI is InChI=1S/C14H11BrF3NO/c15-10-5-9(8-19)6-11(7-10)20-13-4-2-1-3-12(13)14(16,17)18/h1-7H,8,19H2. The van der Waals surface area contributed by atoms with Crippen molar-refractivity contribution in [2.75, 3.05) is 0 Å². The Bertz CT molecular complexity index is 614. The lowest BCUT2D eigenvalue weighted by Crippen LogP contribution is -2.07. The Morgan fingerprint density at radius 3 is 2.45 bits per heavy atom. The molecule has 2 rings (SSSR count). The summed E-state index contributed by atoms with van der Waals surface area (Å²) >= 11 is 3.27. The summed E-state index contributed by atoms with van der Waals surface area (Å²) < 4.78 is 44.6. The topological polar surface area (TPSA) is 35.2 Å². The molecule has 0 fully saturated rings. The molecule has 2 aromatic rings. The molecule has 2 aromatic carbocycles. The third kappa shape index (κ3) is 3.52. The van der Waals surface area contributed by atoms with Crippen LogP contribution in [-0.4, -0.2) is 0 Å². The summed E-state index contributed by atoms with van der Waals surface area (Å²) in [7, 11) is 0. The van der Waals surface area contributed by atoms with Gasteiger partial charge in [-0.15, -0.1) is 0 Å². The molecule has 0 saturated carbocycles. The first-order valence-corrected chi connectivity index (χ1v) is 6.53. The lowest BCUT2D eigenvalue weighted by Gasteiger charge is -2.14. The van der Waals surface area contributed by atoms with Crippen LogP contribution in [0.3, 0.4) is 0 Å². The molecular formula is C14H11BrF3NO. The molecule has 0 amide bonds. The van der Waals surface area contributed by atoms with Crippen molar-refractivity contribution in [2.45, 2.75) is 12.7 Å². The number of benzene rings is 2. The Morgan fingerprint density at radius 1 is 1.10 bits per heavy atom. The van der Waals surface area contributed by atoms with Gasteiger partial charge in [-0.25, -0.2) is 0 Å². The predicted octanol–water partition coefficient (Wildman–Crippen LogP) is 4.72. The van der Waals surface area contributed by atoms with Crippen LogP contribution >= 0.6 is 15.9 Å². The summed E-state index contributed by atoms with van der Waals surface area (Å²) in [5, 5.41) is 0. The SMILES string of the molecule is NCc1cc(Br)cc(Oc2ccccc2C(F)(F)F)c1. The predicted molar refractivity (Wildman–Crippen MR) is 73.6 cm³/mol. The van der Waals surface area contributed by atoms with Crippen LogP contribution in [0.1, 0.15) is 11.1 Å². The number of nitrogens with two attached hydrogens (primary N) is 1. The maximum Gasteiger partial charge on any atom is 0.419 e. The van der Waals surface area contributed by atoms with Crippen LogP contribution in [-0.2, 0) is 12.7 Å². The van der Waals surface area contributed by atoms with E-state index in [2.05, 4.69) is 15.9 Å². The molecule has 0 bridgehead atoms. The second kappa shape index (κ2) is 5.85. The van der Waals surface area contributed by atoms with Crippen LogP contribution in [0.5, 0.6) is 11.5 Å². The van der Waals surface area contributed by atoms with Crippen LogP contribution in [0.2, 0.25) is 0 Å². The number of hydrogen-bond donors (Lipinski definition) is 1. The van der Waals surface area contributed by atoms with Gasteiger partial charge >= 0.3 is 6.18 Å². The fourth-order valence-electron chi connectivity index (χ4n) is 1.71. The van der Waals surface area contributed by atoms with Gasteiger partial charge in [-0.3, -0.25) is 0 Å². The van der Waals surface area contributed by atoms with E-state index in [1.165, 1.54) is 18.2 Å². The maximum atomic E-state index is 12.9. The highest BCUT2D eigenvalue weighted by atomic mass is 79.9. The molecule has 2 nitrogen and oxygen atoms in total. The van der Waals surface area contributed by atoms with E-state index in [1.54, 1.807) is 18.2 Å². The van der Waals surface area contributed by atoms with Gasteiger partial charge in [0.2, 0.25) is 0 Å². The molecule has 0 unspecified atom stereocenters. The van der Waals surface area contributed by atoms with Crippen LogP contribution < -0.4 is 10.5 Å². The average Bonchev–Trinajstić information content (AvgIpc) is 2.37. The Hall–Kier alpha value is -1.53. The monoisotopic (exact) mass is 345 g/mol. The lowest BCUT2D eigenvalue weighted by atomic mass is 10.2. The summed E-state index contributed by atoms with van der Waals surface area (Å²) in [5.41, 5.74) is 5.48. The minimum absolute atomic E-state index is 0.235. The first kappa shape index (κ1) is 14.9. The van der Waals surface area contributed by atoms with Gasteiger partial charge in [0.1, 0.15) is 11.5 Å². The molecular weight excluding hydrogens is 335 g/mol. The summed E-state index contributed by atoms with van der Waals surface area (Å²) in [6, 6.07) is 10.1. The van der Waals surface area contributed by atoms with Gasteiger partial charge in [0.15, 0.2) is 0 Å².